The number of carbonyl (C=O) groups excluding carboxylic acids is 1. The molecule has 1 rings (SSSR count). The van der Waals surface area contributed by atoms with Crippen molar-refractivity contribution < 1.29 is 9.90 Å². The van der Waals surface area contributed by atoms with Crippen LogP contribution in [0.5, 0.6) is 0 Å². The van der Waals surface area contributed by atoms with E-state index in [0.29, 0.717) is 5.92 Å². The normalized spacial score (nSPS) is 27.1. The molecule has 2 atom stereocenters. The van der Waals surface area contributed by atoms with Crippen molar-refractivity contribution in [1.82, 2.24) is 10.2 Å². The van der Waals surface area contributed by atoms with Gasteiger partial charge in [-0.05, 0) is 25.2 Å². The van der Waals surface area contributed by atoms with Crippen LogP contribution in [0.2, 0.25) is 0 Å². The number of amides is 2. The lowest BCUT2D eigenvalue weighted by atomic mass is 9.86. The highest BCUT2D eigenvalue weighted by molar-refractivity contribution is 5.73. The van der Waals surface area contributed by atoms with E-state index in [1.54, 1.807) is 19.0 Å². The molecule has 14 heavy (non-hydrogen) atoms. The Bertz CT molecular complexity index is 195. The number of nitrogens with zero attached hydrogens (tertiary/aromatic N) is 1. The van der Waals surface area contributed by atoms with Crippen LogP contribution in [0.15, 0.2) is 0 Å². The summed E-state index contributed by atoms with van der Waals surface area (Å²) in [5, 5.41) is 12.0. The minimum atomic E-state index is -0.0337. The molecule has 2 amide bonds. The number of urea groups is 1. The average molecular weight is 200 g/mol. The Morgan fingerprint density at radius 3 is 2.79 bits per heavy atom. The maximum atomic E-state index is 11.4. The highest BCUT2D eigenvalue weighted by Gasteiger charge is 2.22. The molecule has 0 aliphatic heterocycles. The Labute approximate surface area is 85.3 Å². The van der Waals surface area contributed by atoms with Gasteiger partial charge in [0.25, 0.3) is 0 Å². The molecule has 0 aromatic rings. The minimum absolute atomic E-state index is 0.0337. The van der Waals surface area contributed by atoms with E-state index in [4.69, 9.17) is 5.11 Å². The van der Waals surface area contributed by atoms with Gasteiger partial charge in [-0.3, -0.25) is 0 Å². The van der Waals surface area contributed by atoms with Crippen molar-refractivity contribution in [2.45, 2.75) is 31.7 Å². The molecule has 1 fully saturated rings. The van der Waals surface area contributed by atoms with E-state index >= 15 is 0 Å². The summed E-state index contributed by atoms with van der Waals surface area (Å²) in [6.07, 6.45) is 4.14. The van der Waals surface area contributed by atoms with Crippen LogP contribution in [0, 0.1) is 5.92 Å². The molecule has 0 bridgehead atoms. The van der Waals surface area contributed by atoms with Crippen LogP contribution in [-0.4, -0.2) is 42.8 Å². The molecule has 0 saturated heterocycles. The molecular formula is C10H20N2O2. The lowest BCUT2D eigenvalue weighted by Gasteiger charge is -2.29. The molecule has 2 N–H and O–H groups in total. The molecule has 4 heteroatoms. The Kier molecular flexibility index (Phi) is 4.20. The van der Waals surface area contributed by atoms with Crippen LogP contribution in [0.3, 0.4) is 0 Å². The van der Waals surface area contributed by atoms with Crippen LogP contribution in [0.4, 0.5) is 4.79 Å². The predicted molar refractivity (Wildman–Crippen MR) is 55.1 cm³/mol. The summed E-state index contributed by atoms with van der Waals surface area (Å²) in [7, 11) is 3.48. The summed E-state index contributed by atoms with van der Waals surface area (Å²) in [5.41, 5.74) is 0. The Balaban J connectivity index is 2.34. The summed E-state index contributed by atoms with van der Waals surface area (Å²) < 4.78 is 0. The maximum absolute atomic E-state index is 11.4. The van der Waals surface area contributed by atoms with Gasteiger partial charge in [-0.25, -0.2) is 4.79 Å². The SMILES string of the molecule is CN(C)C(=O)NC1CCCC(CO)C1. The molecule has 4 nitrogen and oxygen atoms in total. The van der Waals surface area contributed by atoms with Crippen molar-refractivity contribution in [1.29, 1.82) is 0 Å². The monoisotopic (exact) mass is 200 g/mol. The van der Waals surface area contributed by atoms with Gasteiger partial charge >= 0.3 is 6.03 Å². The fraction of sp³-hybridized carbons (Fsp3) is 0.900. The number of hydrogen-bond acceptors (Lipinski definition) is 2. The maximum Gasteiger partial charge on any atom is 0.317 e. The molecule has 0 spiro atoms. The third kappa shape index (κ3) is 3.18. The second-order valence-electron chi connectivity index (χ2n) is 4.26. The van der Waals surface area contributed by atoms with E-state index in [1.807, 2.05) is 0 Å². The van der Waals surface area contributed by atoms with E-state index in [9.17, 15) is 4.79 Å². The van der Waals surface area contributed by atoms with E-state index in [-0.39, 0.29) is 18.7 Å². The second kappa shape index (κ2) is 5.20. The molecule has 2 unspecified atom stereocenters. The molecule has 0 aromatic heterocycles. The first-order valence-electron chi connectivity index (χ1n) is 5.22. The zero-order valence-electron chi connectivity index (χ0n) is 8.99. The van der Waals surface area contributed by atoms with Crippen molar-refractivity contribution in [3.05, 3.63) is 0 Å². The highest BCUT2D eigenvalue weighted by Crippen LogP contribution is 2.23. The van der Waals surface area contributed by atoms with Gasteiger partial charge in [0, 0.05) is 26.7 Å². The quantitative estimate of drug-likeness (QED) is 0.693. The van der Waals surface area contributed by atoms with Crippen molar-refractivity contribution in [3.8, 4) is 0 Å². The fourth-order valence-corrected chi connectivity index (χ4v) is 1.89. The summed E-state index contributed by atoms with van der Waals surface area (Å²) in [6.45, 7) is 0.244. The van der Waals surface area contributed by atoms with Crippen molar-refractivity contribution in [2.75, 3.05) is 20.7 Å². The van der Waals surface area contributed by atoms with Crippen molar-refractivity contribution in [3.63, 3.8) is 0 Å². The zero-order valence-corrected chi connectivity index (χ0v) is 8.99. The van der Waals surface area contributed by atoms with Crippen LogP contribution in [0.25, 0.3) is 0 Å². The Morgan fingerprint density at radius 1 is 1.50 bits per heavy atom. The van der Waals surface area contributed by atoms with E-state index in [2.05, 4.69) is 5.32 Å². The first kappa shape index (κ1) is 11.3. The van der Waals surface area contributed by atoms with Crippen molar-refractivity contribution in [2.24, 2.45) is 5.92 Å². The van der Waals surface area contributed by atoms with Crippen LogP contribution in [0.1, 0.15) is 25.7 Å². The first-order valence-corrected chi connectivity index (χ1v) is 5.22. The van der Waals surface area contributed by atoms with Gasteiger partial charge in [-0.2, -0.15) is 0 Å². The van der Waals surface area contributed by atoms with Gasteiger partial charge in [0.2, 0.25) is 0 Å². The molecule has 1 aliphatic rings. The Hall–Kier alpha value is -0.770. The van der Waals surface area contributed by atoms with Gasteiger partial charge in [0.1, 0.15) is 0 Å². The van der Waals surface area contributed by atoms with Gasteiger partial charge < -0.3 is 15.3 Å². The zero-order chi connectivity index (χ0) is 10.6. The lowest BCUT2D eigenvalue weighted by molar-refractivity contribution is 0.165. The standard InChI is InChI=1S/C10H20N2O2/c1-12(2)10(14)11-9-5-3-4-8(6-9)7-13/h8-9,13H,3-7H2,1-2H3,(H,11,14). The molecule has 0 aromatic carbocycles. The summed E-state index contributed by atoms with van der Waals surface area (Å²) in [4.78, 5) is 12.9. The molecular weight excluding hydrogens is 180 g/mol. The number of nitrogens with one attached hydrogen (secondary N) is 1. The number of carbonyl (C=O) groups is 1. The third-order valence-corrected chi connectivity index (χ3v) is 2.77. The summed E-state index contributed by atoms with van der Waals surface area (Å²) >= 11 is 0. The number of rotatable bonds is 2. The van der Waals surface area contributed by atoms with Gasteiger partial charge in [-0.1, -0.05) is 6.42 Å². The van der Waals surface area contributed by atoms with Gasteiger partial charge in [-0.15, -0.1) is 0 Å². The first-order chi connectivity index (χ1) is 6.63. The van der Waals surface area contributed by atoms with Crippen LogP contribution in [-0.2, 0) is 0 Å². The average Bonchev–Trinajstić information content (AvgIpc) is 2.18. The fourth-order valence-electron chi connectivity index (χ4n) is 1.89. The summed E-state index contributed by atoms with van der Waals surface area (Å²) in [5.74, 6) is 0.371. The predicted octanol–water partition coefficient (Wildman–Crippen LogP) is 0.809. The molecule has 82 valence electrons. The number of hydrogen-bond donors (Lipinski definition) is 2. The Morgan fingerprint density at radius 2 is 2.21 bits per heavy atom. The van der Waals surface area contributed by atoms with Crippen molar-refractivity contribution >= 4 is 6.03 Å². The number of aliphatic hydroxyl groups is 1. The smallest absolute Gasteiger partial charge is 0.317 e. The number of aliphatic hydroxyl groups excluding tert-OH is 1. The molecule has 1 saturated carbocycles. The largest absolute Gasteiger partial charge is 0.396 e. The molecule has 1 aliphatic carbocycles. The minimum Gasteiger partial charge on any atom is -0.396 e. The topological polar surface area (TPSA) is 52.6 Å². The van der Waals surface area contributed by atoms with E-state index in [1.165, 1.54) is 0 Å². The third-order valence-electron chi connectivity index (χ3n) is 2.77. The molecule has 0 heterocycles. The van der Waals surface area contributed by atoms with Crippen LogP contribution < -0.4 is 5.32 Å². The summed E-state index contributed by atoms with van der Waals surface area (Å²) in [6, 6.07) is 0.212. The highest BCUT2D eigenvalue weighted by atomic mass is 16.3. The van der Waals surface area contributed by atoms with Crippen LogP contribution >= 0.6 is 0 Å². The van der Waals surface area contributed by atoms with Gasteiger partial charge in [0.15, 0.2) is 0 Å². The lowest BCUT2D eigenvalue weighted by Crippen LogP contribution is -2.43. The van der Waals surface area contributed by atoms with E-state index in [0.717, 1.165) is 25.7 Å². The van der Waals surface area contributed by atoms with E-state index < -0.39 is 0 Å². The molecule has 0 radical (unpaired) electrons. The second-order valence-corrected chi connectivity index (χ2v) is 4.26. The van der Waals surface area contributed by atoms with Gasteiger partial charge in [0.05, 0.1) is 0 Å².